The summed E-state index contributed by atoms with van der Waals surface area (Å²) < 4.78 is 10.0. The first-order valence-electron chi connectivity index (χ1n) is 10.5. The maximum absolute atomic E-state index is 13.5. The largest absolute Gasteiger partial charge is 0.496 e. The van der Waals surface area contributed by atoms with Crippen molar-refractivity contribution in [1.82, 2.24) is 18.7 Å². The van der Waals surface area contributed by atoms with Crippen LogP contribution in [0.25, 0.3) is 16.9 Å². The van der Waals surface area contributed by atoms with Crippen molar-refractivity contribution >= 4 is 22.8 Å². The third kappa shape index (κ3) is 4.08. The molecule has 8 heteroatoms. The van der Waals surface area contributed by atoms with Crippen LogP contribution in [0.4, 0.5) is 0 Å². The van der Waals surface area contributed by atoms with Crippen LogP contribution in [0.1, 0.15) is 25.8 Å². The lowest BCUT2D eigenvalue weighted by molar-refractivity contribution is 0.408. The number of para-hydroxylation sites is 1. The van der Waals surface area contributed by atoms with Crippen molar-refractivity contribution in [3.8, 4) is 11.4 Å². The van der Waals surface area contributed by atoms with Crippen LogP contribution in [0.15, 0.2) is 64.4 Å². The summed E-state index contributed by atoms with van der Waals surface area (Å²) in [5, 5.41) is 0.563. The lowest BCUT2D eigenvalue weighted by Gasteiger charge is -2.14. The van der Waals surface area contributed by atoms with Gasteiger partial charge in [0.1, 0.15) is 5.75 Å². The van der Waals surface area contributed by atoms with Gasteiger partial charge in [-0.15, -0.1) is 0 Å². The van der Waals surface area contributed by atoms with E-state index in [1.54, 1.807) is 42.3 Å². The van der Waals surface area contributed by atoms with Gasteiger partial charge in [0.2, 0.25) is 0 Å². The molecule has 0 saturated heterocycles. The number of hydrogen-bond donors (Lipinski definition) is 0. The first-order valence-corrected chi connectivity index (χ1v) is 10.9. The molecule has 32 heavy (non-hydrogen) atoms. The second kappa shape index (κ2) is 9.04. The Balaban J connectivity index is 1.96. The van der Waals surface area contributed by atoms with Gasteiger partial charge in [-0.05, 0) is 42.7 Å². The molecule has 0 bridgehead atoms. The molecule has 0 unspecified atom stereocenters. The van der Waals surface area contributed by atoms with Crippen molar-refractivity contribution in [1.29, 1.82) is 0 Å². The number of aromatic nitrogens is 4. The molecule has 0 spiro atoms. The molecule has 0 radical (unpaired) electrons. The zero-order valence-corrected chi connectivity index (χ0v) is 19.0. The molecule has 0 aliphatic carbocycles. The van der Waals surface area contributed by atoms with Crippen molar-refractivity contribution in [3.63, 3.8) is 0 Å². The fourth-order valence-electron chi connectivity index (χ4n) is 3.72. The number of fused-ring (bicyclic) bond motifs is 1. The highest BCUT2D eigenvalue weighted by Gasteiger charge is 2.20. The predicted octanol–water partition coefficient (Wildman–Crippen LogP) is 4.11. The van der Waals surface area contributed by atoms with E-state index in [9.17, 15) is 9.59 Å². The number of ether oxygens (including phenoxy) is 1. The summed E-state index contributed by atoms with van der Waals surface area (Å²) in [6.07, 6.45) is 2.30. The van der Waals surface area contributed by atoms with Gasteiger partial charge < -0.3 is 9.30 Å². The summed E-state index contributed by atoms with van der Waals surface area (Å²) in [4.78, 5) is 31.3. The fraction of sp³-hybridized carbons (Fsp3) is 0.292. The highest BCUT2D eigenvalue weighted by molar-refractivity contribution is 6.30. The highest BCUT2D eigenvalue weighted by Crippen LogP contribution is 2.21. The van der Waals surface area contributed by atoms with Gasteiger partial charge in [-0.25, -0.2) is 14.3 Å². The van der Waals surface area contributed by atoms with Crippen LogP contribution in [0.2, 0.25) is 5.02 Å². The third-order valence-corrected chi connectivity index (χ3v) is 5.70. The molecular weight excluding hydrogens is 428 g/mol. The molecule has 2 heterocycles. The van der Waals surface area contributed by atoms with Crippen LogP contribution in [-0.2, 0) is 13.1 Å². The standard InChI is InChI=1S/C24H25ClN4O3/c1-16(2)12-13-28-23(30)21-22(29(24(28)31)19-10-8-18(25)9-11-19)26-15-27(21)14-17-6-4-5-7-20(17)32-3/h4-11,15-16H,12-14H2,1-3H3. The number of rotatable bonds is 7. The van der Waals surface area contributed by atoms with E-state index in [1.165, 1.54) is 9.13 Å². The molecule has 4 rings (SSSR count). The van der Waals surface area contributed by atoms with Crippen LogP contribution in [0, 0.1) is 5.92 Å². The Morgan fingerprint density at radius 3 is 2.47 bits per heavy atom. The summed E-state index contributed by atoms with van der Waals surface area (Å²) in [5.41, 5.74) is 1.44. The van der Waals surface area contributed by atoms with E-state index in [1.807, 2.05) is 24.3 Å². The maximum atomic E-state index is 13.5. The number of nitrogens with zero attached hydrogens (tertiary/aromatic N) is 4. The van der Waals surface area contributed by atoms with Crippen LogP contribution >= 0.6 is 11.6 Å². The molecule has 0 fully saturated rings. The summed E-state index contributed by atoms with van der Waals surface area (Å²) >= 11 is 6.05. The fourth-order valence-corrected chi connectivity index (χ4v) is 3.85. The third-order valence-electron chi connectivity index (χ3n) is 5.45. The molecular formula is C24H25ClN4O3. The van der Waals surface area contributed by atoms with Crippen LogP contribution in [-0.4, -0.2) is 25.8 Å². The van der Waals surface area contributed by atoms with Crippen LogP contribution in [0.5, 0.6) is 5.75 Å². The SMILES string of the molecule is COc1ccccc1Cn1cnc2c1c(=O)n(CCC(C)C)c(=O)n2-c1ccc(Cl)cc1. The van der Waals surface area contributed by atoms with Gasteiger partial charge in [-0.3, -0.25) is 9.36 Å². The Morgan fingerprint density at radius 2 is 1.78 bits per heavy atom. The number of benzene rings is 2. The molecule has 166 valence electrons. The van der Waals surface area contributed by atoms with E-state index in [4.69, 9.17) is 16.3 Å². The monoisotopic (exact) mass is 452 g/mol. The van der Waals surface area contributed by atoms with E-state index < -0.39 is 5.69 Å². The lowest BCUT2D eigenvalue weighted by Crippen LogP contribution is -2.40. The van der Waals surface area contributed by atoms with Gasteiger partial charge in [-0.2, -0.15) is 0 Å². The first-order chi connectivity index (χ1) is 15.4. The quantitative estimate of drug-likeness (QED) is 0.423. The molecule has 0 N–H and O–H groups in total. The minimum atomic E-state index is -0.409. The van der Waals surface area contributed by atoms with E-state index in [0.717, 1.165) is 11.3 Å². The summed E-state index contributed by atoms with van der Waals surface area (Å²) in [6, 6.07) is 14.6. The second-order valence-corrected chi connectivity index (χ2v) is 8.53. The lowest BCUT2D eigenvalue weighted by atomic mass is 10.1. The minimum absolute atomic E-state index is 0.318. The minimum Gasteiger partial charge on any atom is -0.496 e. The van der Waals surface area contributed by atoms with Gasteiger partial charge in [0, 0.05) is 17.1 Å². The van der Waals surface area contributed by atoms with E-state index >= 15 is 0 Å². The summed E-state index contributed by atoms with van der Waals surface area (Å²) in [7, 11) is 1.61. The van der Waals surface area contributed by atoms with Crippen molar-refractivity contribution in [3.05, 3.63) is 86.3 Å². The summed E-state index contributed by atoms with van der Waals surface area (Å²) in [5.74, 6) is 1.07. The molecule has 7 nitrogen and oxygen atoms in total. The van der Waals surface area contributed by atoms with Crippen molar-refractivity contribution in [2.75, 3.05) is 7.11 Å². The Bertz CT molecular complexity index is 1370. The predicted molar refractivity (Wildman–Crippen MR) is 126 cm³/mol. The number of imidazole rings is 1. The van der Waals surface area contributed by atoms with Crippen LogP contribution in [0.3, 0.4) is 0 Å². The molecule has 0 saturated carbocycles. The summed E-state index contributed by atoms with van der Waals surface area (Å²) in [6.45, 7) is 4.85. The van der Waals surface area contributed by atoms with Crippen molar-refractivity contribution < 1.29 is 4.74 Å². The Kier molecular flexibility index (Phi) is 6.19. The van der Waals surface area contributed by atoms with Gasteiger partial charge in [0.15, 0.2) is 11.2 Å². The zero-order chi connectivity index (χ0) is 22.8. The number of methoxy groups -OCH3 is 1. The molecule has 0 aliphatic rings. The second-order valence-electron chi connectivity index (χ2n) is 8.09. The van der Waals surface area contributed by atoms with Crippen LogP contribution < -0.4 is 16.0 Å². The topological polar surface area (TPSA) is 71.1 Å². The first kappa shape index (κ1) is 21.9. The zero-order valence-electron chi connectivity index (χ0n) is 18.3. The van der Waals surface area contributed by atoms with E-state index in [2.05, 4.69) is 18.8 Å². The normalized spacial score (nSPS) is 11.4. The number of halogens is 1. The Hall–Kier alpha value is -3.32. The molecule has 0 amide bonds. The molecule has 0 atom stereocenters. The molecule has 0 aliphatic heterocycles. The van der Waals surface area contributed by atoms with Gasteiger partial charge in [0.05, 0.1) is 25.7 Å². The Morgan fingerprint density at radius 1 is 1.06 bits per heavy atom. The van der Waals surface area contributed by atoms with E-state index in [0.29, 0.717) is 47.3 Å². The van der Waals surface area contributed by atoms with Crippen molar-refractivity contribution in [2.24, 2.45) is 5.92 Å². The molecule has 2 aromatic carbocycles. The molecule has 4 aromatic rings. The van der Waals surface area contributed by atoms with Crippen molar-refractivity contribution in [2.45, 2.75) is 33.4 Å². The Labute approximate surface area is 190 Å². The molecule has 2 aromatic heterocycles. The smallest absolute Gasteiger partial charge is 0.337 e. The average Bonchev–Trinajstić information content (AvgIpc) is 3.18. The maximum Gasteiger partial charge on any atom is 0.337 e. The van der Waals surface area contributed by atoms with Gasteiger partial charge in [-0.1, -0.05) is 43.6 Å². The average molecular weight is 453 g/mol. The number of hydrogen-bond acceptors (Lipinski definition) is 4. The van der Waals surface area contributed by atoms with Gasteiger partial charge in [0.25, 0.3) is 5.56 Å². The van der Waals surface area contributed by atoms with E-state index in [-0.39, 0.29) is 5.56 Å². The highest BCUT2D eigenvalue weighted by atomic mass is 35.5. The van der Waals surface area contributed by atoms with Gasteiger partial charge >= 0.3 is 5.69 Å².